The van der Waals surface area contributed by atoms with Crippen molar-refractivity contribution in [3.8, 4) is 0 Å². The van der Waals surface area contributed by atoms with Gasteiger partial charge >= 0.3 is 6.09 Å². The molecule has 0 aliphatic carbocycles. The molecule has 2 N–H and O–H groups in total. The summed E-state index contributed by atoms with van der Waals surface area (Å²) in [6.07, 6.45) is 0.753. The zero-order chi connectivity index (χ0) is 11.0. The minimum atomic E-state index is -0.715. The van der Waals surface area contributed by atoms with E-state index in [4.69, 9.17) is 0 Å². The van der Waals surface area contributed by atoms with Crippen LogP contribution in [0, 0.1) is 0 Å². The van der Waals surface area contributed by atoms with Crippen molar-refractivity contribution < 1.29 is 19.2 Å². The summed E-state index contributed by atoms with van der Waals surface area (Å²) in [4.78, 5) is 26.3. The topological polar surface area (TPSA) is 76.7 Å². The molecule has 2 amide bonds. The molecule has 0 radical (unpaired) electrons. The molecule has 0 fully saturated rings. The van der Waals surface area contributed by atoms with Crippen LogP contribution < -0.4 is 10.8 Å². The number of hydrogen-bond acceptors (Lipinski definition) is 4. The molecule has 0 bridgehead atoms. The minimum Gasteiger partial charge on any atom is -0.445 e. The molecular formula is C8H14N2O4. The molecule has 0 aliphatic heterocycles. The van der Waals surface area contributed by atoms with E-state index in [0.29, 0.717) is 0 Å². The first kappa shape index (κ1) is 12.4. The molecule has 0 saturated carbocycles. The van der Waals surface area contributed by atoms with E-state index in [1.165, 1.54) is 20.1 Å². The van der Waals surface area contributed by atoms with E-state index in [-0.39, 0.29) is 6.61 Å². The van der Waals surface area contributed by atoms with Crippen molar-refractivity contribution in [3.63, 3.8) is 0 Å². The first-order valence-electron chi connectivity index (χ1n) is 3.98. The van der Waals surface area contributed by atoms with Crippen LogP contribution in [0.15, 0.2) is 12.7 Å². The van der Waals surface area contributed by atoms with E-state index in [1.807, 2.05) is 0 Å². The summed E-state index contributed by atoms with van der Waals surface area (Å²) >= 11 is 0. The van der Waals surface area contributed by atoms with Gasteiger partial charge in [0.1, 0.15) is 12.6 Å². The van der Waals surface area contributed by atoms with E-state index >= 15 is 0 Å². The predicted octanol–water partition coefficient (Wildman–Crippen LogP) is -0.0353. The van der Waals surface area contributed by atoms with Crippen LogP contribution in [0.1, 0.15) is 6.92 Å². The molecule has 0 spiro atoms. The number of rotatable bonds is 5. The van der Waals surface area contributed by atoms with Gasteiger partial charge in [0.25, 0.3) is 5.91 Å². The molecule has 0 aromatic heterocycles. The van der Waals surface area contributed by atoms with Gasteiger partial charge in [-0.25, -0.2) is 10.3 Å². The summed E-state index contributed by atoms with van der Waals surface area (Å²) in [6, 6.07) is -0.715. The van der Waals surface area contributed by atoms with Crippen LogP contribution >= 0.6 is 0 Å². The largest absolute Gasteiger partial charge is 0.445 e. The fourth-order valence-electron chi connectivity index (χ4n) is 0.608. The van der Waals surface area contributed by atoms with Gasteiger partial charge in [0.15, 0.2) is 0 Å². The Kier molecular flexibility index (Phi) is 6.13. The van der Waals surface area contributed by atoms with Gasteiger partial charge in [-0.1, -0.05) is 12.7 Å². The van der Waals surface area contributed by atoms with Crippen molar-refractivity contribution in [2.45, 2.75) is 13.0 Å². The van der Waals surface area contributed by atoms with Crippen molar-refractivity contribution in [2.75, 3.05) is 13.7 Å². The van der Waals surface area contributed by atoms with Crippen LogP contribution in [0.5, 0.6) is 0 Å². The van der Waals surface area contributed by atoms with Crippen molar-refractivity contribution in [3.05, 3.63) is 12.7 Å². The smallest absolute Gasteiger partial charge is 0.408 e. The lowest BCUT2D eigenvalue weighted by molar-refractivity contribution is -0.132. The summed E-state index contributed by atoms with van der Waals surface area (Å²) in [7, 11) is 1.31. The van der Waals surface area contributed by atoms with Gasteiger partial charge < -0.3 is 10.1 Å². The molecule has 0 aromatic rings. The summed E-state index contributed by atoms with van der Waals surface area (Å²) in [5.74, 6) is -0.456. The summed E-state index contributed by atoms with van der Waals surface area (Å²) in [5.41, 5.74) is 2.08. The number of amides is 2. The van der Waals surface area contributed by atoms with E-state index in [9.17, 15) is 9.59 Å². The summed E-state index contributed by atoms with van der Waals surface area (Å²) in [6.45, 7) is 4.98. The third-order valence-corrected chi connectivity index (χ3v) is 1.26. The van der Waals surface area contributed by atoms with E-state index in [1.54, 1.807) is 0 Å². The second kappa shape index (κ2) is 6.90. The maximum Gasteiger partial charge on any atom is 0.408 e. The van der Waals surface area contributed by atoms with Crippen molar-refractivity contribution in [2.24, 2.45) is 0 Å². The zero-order valence-corrected chi connectivity index (χ0v) is 8.20. The quantitative estimate of drug-likeness (QED) is 0.484. The van der Waals surface area contributed by atoms with Crippen LogP contribution in [-0.2, 0) is 14.4 Å². The highest BCUT2D eigenvalue weighted by Gasteiger charge is 2.15. The predicted molar refractivity (Wildman–Crippen MR) is 49.3 cm³/mol. The van der Waals surface area contributed by atoms with Crippen molar-refractivity contribution in [1.29, 1.82) is 0 Å². The average Bonchev–Trinajstić information content (AvgIpc) is 2.15. The number of carbonyl (C=O) groups excluding carboxylic acids is 2. The minimum absolute atomic E-state index is 0.102. The Morgan fingerprint density at radius 2 is 2.21 bits per heavy atom. The van der Waals surface area contributed by atoms with Crippen molar-refractivity contribution in [1.82, 2.24) is 10.8 Å². The van der Waals surface area contributed by atoms with Gasteiger partial charge in [-0.3, -0.25) is 9.63 Å². The molecule has 6 heteroatoms. The number of hydrogen-bond donors (Lipinski definition) is 2. The van der Waals surface area contributed by atoms with Gasteiger partial charge in [0.05, 0.1) is 7.11 Å². The molecule has 0 saturated heterocycles. The van der Waals surface area contributed by atoms with Gasteiger partial charge in [0.2, 0.25) is 0 Å². The second-order valence-corrected chi connectivity index (χ2v) is 2.42. The van der Waals surface area contributed by atoms with Crippen LogP contribution in [0.2, 0.25) is 0 Å². The molecule has 1 unspecified atom stereocenters. The standard InChI is InChI=1S/C8H14N2O4/c1-4-5-14-8(12)9-6(2)7(11)10-13-3/h4,6H,1,5H2,2-3H3,(H,9,12)(H,10,11). The first-order chi connectivity index (χ1) is 6.61. The Hall–Kier alpha value is -1.56. The lowest BCUT2D eigenvalue weighted by Gasteiger charge is -2.12. The van der Waals surface area contributed by atoms with E-state index < -0.39 is 18.0 Å². The number of alkyl carbamates (subject to hydrolysis) is 1. The highest BCUT2D eigenvalue weighted by atomic mass is 16.6. The zero-order valence-electron chi connectivity index (χ0n) is 8.20. The highest BCUT2D eigenvalue weighted by Crippen LogP contribution is 1.85. The SMILES string of the molecule is C=CCOC(=O)NC(C)C(=O)NOC. The number of carbonyl (C=O) groups is 2. The summed E-state index contributed by atoms with van der Waals surface area (Å²) in [5, 5.41) is 2.30. The van der Waals surface area contributed by atoms with Gasteiger partial charge in [-0.05, 0) is 6.92 Å². The Bertz CT molecular complexity index is 217. The Balaban J connectivity index is 3.80. The normalized spacial score (nSPS) is 11.3. The maximum atomic E-state index is 11.0. The highest BCUT2D eigenvalue weighted by molar-refractivity contribution is 5.84. The molecule has 14 heavy (non-hydrogen) atoms. The molecule has 80 valence electrons. The summed E-state index contributed by atoms with van der Waals surface area (Å²) < 4.78 is 4.60. The molecule has 6 nitrogen and oxygen atoms in total. The van der Waals surface area contributed by atoms with Crippen LogP contribution in [0.4, 0.5) is 4.79 Å². The Labute approximate surface area is 82.2 Å². The molecular weight excluding hydrogens is 188 g/mol. The Morgan fingerprint density at radius 1 is 1.57 bits per heavy atom. The van der Waals surface area contributed by atoms with Gasteiger partial charge in [-0.2, -0.15) is 0 Å². The molecule has 0 rings (SSSR count). The molecule has 0 aromatic carbocycles. The van der Waals surface area contributed by atoms with Crippen LogP contribution in [0.3, 0.4) is 0 Å². The first-order valence-corrected chi connectivity index (χ1v) is 3.98. The number of ether oxygens (including phenoxy) is 1. The monoisotopic (exact) mass is 202 g/mol. The number of nitrogens with one attached hydrogen (secondary N) is 2. The molecule has 0 heterocycles. The lowest BCUT2D eigenvalue weighted by Crippen LogP contribution is -2.44. The van der Waals surface area contributed by atoms with E-state index in [2.05, 4.69) is 27.0 Å². The average molecular weight is 202 g/mol. The molecule has 0 aliphatic rings. The third-order valence-electron chi connectivity index (χ3n) is 1.26. The Morgan fingerprint density at radius 3 is 2.71 bits per heavy atom. The lowest BCUT2D eigenvalue weighted by atomic mass is 10.3. The second-order valence-electron chi connectivity index (χ2n) is 2.42. The van der Waals surface area contributed by atoms with Crippen LogP contribution in [0.25, 0.3) is 0 Å². The van der Waals surface area contributed by atoms with Gasteiger partial charge in [0, 0.05) is 0 Å². The fraction of sp³-hybridized carbons (Fsp3) is 0.500. The van der Waals surface area contributed by atoms with Crippen molar-refractivity contribution >= 4 is 12.0 Å². The fourth-order valence-corrected chi connectivity index (χ4v) is 0.608. The third kappa shape index (κ3) is 5.15. The molecule has 1 atom stereocenters. The van der Waals surface area contributed by atoms with Gasteiger partial charge in [-0.15, -0.1) is 0 Å². The van der Waals surface area contributed by atoms with E-state index in [0.717, 1.165) is 0 Å². The van der Waals surface area contributed by atoms with Crippen LogP contribution in [-0.4, -0.2) is 31.8 Å². The maximum absolute atomic E-state index is 11.0. The number of hydroxylamine groups is 1.